The van der Waals surface area contributed by atoms with E-state index in [-0.39, 0.29) is 31.5 Å². The van der Waals surface area contributed by atoms with Gasteiger partial charge in [-0.1, -0.05) is 27.7 Å². The Balaban J connectivity index is 1.37. The van der Waals surface area contributed by atoms with Crippen LogP contribution in [0.3, 0.4) is 0 Å². The SMILES string of the molecule is CCC(C)C(=O)OC1OC[C@@]23[C@H]4C(=O)[C@H](O)[C@@]5(C)[C@H](c6ccoc6)C[C@H]6O[C@]65[C@]4(C)[C@H](O)C[C@H]2[C@@]1(C)[C@H](OC(C)=O)C[C@@H]3O. The normalized spacial score (nSPS) is 52.6. The highest BCUT2D eigenvalue weighted by atomic mass is 16.7. The zero-order valence-corrected chi connectivity index (χ0v) is 26.1. The molecule has 3 heterocycles. The Hall–Kier alpha value is -2.31. The van der Waals surface area contributed by atoms with Gasteiger partial charge in [0.25, 0.3) is 0 Å². The number of hydrogen-bond donors (Lipinski definition) is 3. The summed E-state index contributed by atoms with van der Waals surface area (Å²) in [6.45, 7) is 10.3. The van der Waals surface area contributed by atoms with Gasteiger partial charge < -0.3 is 38.7 Å². The molecule has 0 aromatic carbocycles. The first-order chi connectivity index (χ1) is 20.7. The Labute approximate surface area is 256 Å². The molecular formula is C33H44O11. The van der Waals surface area contributed by atoms with Gasteiger partial charge in [-0.25, -0.2) is 0 Å². The van der Waals surface area contributed by atoms with E-state index in [1.54, 1.807) is 26.4 Å². The van der Waals surface area contributed by atoms with Crippen LogP contribution in [0.4, 0.5) is 0 Å². The highest BCUT2D eigenvalue weighted by Gasteiger charge is 2.92. The summed E-state index contributed by atoms with van der Waals surface area (Å²) in [5.74, 6) is -3.89. The number of epoxide rings is 1. The number of ether oxygens (including phenoxy) is 4. The standard InChI is InChI=1S/C33H44O11/c1-7-15(2)27(39)43-28-29(4)19-11-20(35)31(6)25(32(19,14-41-28)21(36)12-22(29)42-16(3)34)24(37)26(38)30(5)18(17-8-9-40-13-17)10-23-33(30,31)44-23/h8-9,13,15,18-23,25-26,28,35-36,38H,7,10-12,14H2,1-6H3/t15?,18-,19-,20+,21-,22+,23+,25-,26-,28?,29-,30+,31+,32+,33+/m0/s1. The number of hydrogen-bond acceptors (Lipinski definition) is 11. The molecule has 0 amide bonds. The first kappa shape index (κ1) is 30.3. The van der Waals surface area contributed by atoms with Crippen molar-refractivity contribution in [1.29, 1.82) is 0 Å². The second-order valence-electron chi connectivity index (χ2n) is 15.0. The quantitative estimate of drug-likeness (QED) is 0.329. The van der Waals surface area contributed by atoms with Crippen molar-refractivity contribution in [2.75, 3.05) is 6.61 Å². The number of aliphatic hydroxyl groups is 3. The number of carbonyl (C=O) groups is 3. The number of Topliss-reactive ketones (excluding diaryl/α,β-unsaturated/α-hetero) is 1. The molecular weight excluding hydrogens is 572 g/mol. The van der Waals surface area contributed by atoms with Crippen LogP contribution in [0.5, 0.6) is 0 Å². The molecule has 44 heavy (non-hydrogen) atoms. The largest absolute Gasteiger partial charge is 0.472 e. The van der Waals surface area contributed by atoms with Crippen LogP contribution in [0.1, 0.15) is 78.7 Å². The number of carbonyl (C=O) groups excluding carboxylic acids is 3. The van der Waals surface area contributed by atoms with E-state index >= 15 is 0 Å². The number of rotatable bonds is 5. The van der Waals surface area contributed by atoms with Crippen molar-refractivity contribution >= 4 is 17.7 Å². The molecule has 6 aliphatic rings. The minimum absolute atomic E-state index is 0.0223. The molecule has 2 bridgehead atoms. The lowest BCUT2D eigenvalue weighted by atomic mass is 9.33. The van der Waals surface area contributed by atoms with Crippen molar-refractivity contribution in [1.82, 2.24) is 0 Å². The molecule has 2 saturated heterocycles. The Morgan fingerprint density at radius 3 is 2.43 bits per heavy atom. The van der Waals surface area contributed by atoms with Crippen LogP contribution in [0.15, 0.2) is 23.0 Å². The molecule has 11 heteroatoms. The highest BCUT2D eigenvalue weighted by Crippen LogP contribution is 2.82. The van der Waals surface area contributed by atoms with Gasteiger partial charge in [-0.15, -0.1) is 0 Å². The zero-order chi connectivity index (χ0) is 31.8. The average Bonchev–Trinajstić information content (AvgIpc) is 3.33. The van der Waals surface area contributed by atoms with Crippen molar-refractivity contribution in [2.45, 2.75) is 116 Å². The Morgan fingerprint density at radius 2 is 1.80 bits per heavy atom. The van der Waals surface area contributed by atoms with E-state index in [1.807, 2.05) is 26.8 Å². The maximum atomic E-state index is 14.8. The van der Waals surface area contributed by atoms with E-state index in [2.05, 4.69) is 0 Å². The molecule has 7 rings (SSSR count). The Morgan fingerprint density at radius 1 is 1.07 bits per heavy atom. The zero-order valence-electron chi connectivity index (χ0n) is 26.1. The van der Waals surface area contributed by atoms with Gasteiger partial charge in [-0.3, -0.25) is 14.4 Å². The summed E-state index contributed by atoms with van der Waals surface area (Å²) in [6, 6.07) is 1.84. The lowest BCUT2D eigenvalue weighted by Gasteiger charge is -2.73. The predicted octanol–water partition coefficient (Wildman–Crippen LogP) is 2.49. The van der Waals surface area contributed by atoms with Crippen LogP contribution in [0, 0.1) is 39.4 Å². The van der Waals surface area contributed by atoms with Crippen molar-refractivity contribution in [3.8, 4) is 0 Å². The molecule has 1 spiro atoms. The van der Waals surface area contributed by atoms with E-state index in [4.69, 9.17) is 23.4 Å². The van der Waals surface area contributed by atoms with Gasteiger partial charge in [0, 0.05) is 41.4 Å². The maximum absolute atomic E-state index is 14.8. The predicted molar refractivity (Wildman–Crippen MR) is 151 cm³/mol. The van der Waals surface area contributed by atoms with Gasteiger partial charge >= 0.3 is 11.9 Å². The molecule has 4 saturated carbocycles. The van der Waals surface area contributed by atoms with E-state index in [0.29, 0.717) is 12.8 Å². The molecule has 0 radical (unpaired) electrons. The van der Waals surface area contributed by atoms with E-state index < -0.39 is 93.4 Å². The second kappa shape index (κ2) is 9.37. The third-order valence-corrected chi connectivity index (χ3v) is 13.5. The topological polar surface area (TPSA) is 165 Å². The summed E-state index contributed by atoms with van der Waals surface area (Å²) in [7, 11) is 0. The van der Waals surface area contributed by atoms with Crippen LogP contribution in [-0.2, 0) is 33.3 Å². The summed E-state index contributed by atoms with van der Waals surface area (Å²) >= 11 is 0. The summed E-state index contributed by atoms with van der Waals surface area (Å²) in [5, 5.41) is 36.5. The van der Waals surface area contributed by atoms with Crippen LogP contribution in [0.2, 0.25) is 0 Å². The lowest BCUT2D eigenvalue weighted by molar-refractivity contribution is -0.374. The third kappa shape index (κ3) is 3.23. The van der Waals surface area contributed by atoms with Crippen molar-refractivity contribution in [3.63, 3.8) is 0 Å². The fourth-order valence-electron chi connectivity index (χ4n) is 11.2. The number of furan rings is 1. The Kier molecular flexibility index (Phi) is 6.47. The van der Waals surface area contributed by atoms with Crippen molar-refractivity contribution in [3.05, 3.63) is 24.2 Å². The molecule has 242 valence electrons. The molecule has 1 aromatic rings. The van der Waals surface area contributed by atoms with Crippen molar-refractivity contribution in [2.24, 2.45) is 39.4 Å². The number of aliphatic hydroxyl groups excluding tert-OH is 3. The molecule has 3 N–H and O–H groups in total. The number of ketones is 1. The van der Waals surface area contributed by atoms with Crippen LogP contribution in [-0.4, -0.2) is 82.1 Å². The van der Waals surface area contributed by atoms with Gasteiger partial charge in [0.15, 0.2) is 5.78 Å². The van der Waals surface area contributed by atoms with E-state index in [9.17, 15) is 29.7 Å². The molecule has 1 aromatic heterocycles. The number of esters is 2. The molecule has 11 nitrogen and oxygen atoms in total. The first-order valence-corrected chi connectivity index (χ1v) is 15.9. The lowest BCUT2D eigenvalue weighted by Crippen LogP contribution is -2.82. The van der Waals surface area contributed by atoms with Gasteiger partial charge in [0.1, 0.15) is 17.8 Å². The summed E-state index contributed by atoms with van der Waals surface area (Å²) in [4.78, 5) is 40.2. The fourth-order valence-corrected chi connectivity index (χ4v) is 11.2. The van der Waals surface area contributed by atoms with Gasteiger partial charge in [-0.2, -0.15) is 0 Å². The highest BCUT2D eigenvalue weighted by molar-refractivity contribution is 5.91. The fraction of sp³-hybridized carbons (Fsp3) is 0.788. The van der Waals surface area contributed by atoms with E-state index in [0.717, 1.165) is 5.56 Å². The van der Waals surface area contributed by atoms with Gasteiger partial charge in [0.05, 0.1) is 48.8 Å². The first-order valence-electron chi connectivity index (χ1n) is 15.9. The molecule has 4 aliphatic carbocycles. The van der Waals surface area contributed by atoms with Gasteiger partial charge in [-0.05, 0) is 43.7 Å². The summed E-state index contributed by atoms with van der Waals surface area (Å²) < 4.78 is 30.0. The molecule has 2 unspecified atom stereocenters. The number of fused-ring (bicyclic) bond motifs is 1. The average molecular weight is 617 g/mol. The molecule has 6 fully saturated rings. The summed E-state index contributed by atoms with van der Waals surface area (Å²) in [6.07, 6.45) is -1.74. The van der Waals surface area contributed by atoms with Crippen molar-refractivity contribution < 1.29 is 53.1 Å². The molecule has 2 aliphatic heterocycles. The van der Waals surface area contributed by atoms with Crippen LogP contribution < -0.4 is 0 Å². The van der Waals surface area contributed by atoms with Crippen LogP contribution in [0.25, 0.3) is 0 Å². The monoisotopic (exact) mass is 616 g/mol. The minimum Gasteiger partial charge on any atom is -0.472 e. The minimum atomic E-state index is -1.46. The maximum Gasteiger partial charge on any atom is 0.310 e. The smallest absolute Gasteiger partial charge is 0.310 e. The second-order valence-corrected chi connectivity index (χ2v) is 15.0. The molecule has 15 atom stereocenters. The van der Waals surface area contributed by atoms with E-state index in [1.165, 1.54) is 6.92 Å². The van der Waals surface area contributed by atoms with Crippen LogP contribution >= 0.6 is 0 Å². The Bertz CT molecular complexity index is 1380. The van der Waals surface area contributed by atoms with Gasteiger partial charge in [0.2, 0.25) is 6.29 Å². The summed E-state index contributed by atoms with van der Waals surface area (Å²) in [5.41, 5.74) is -4.95. The third-order valence-electron chi connectivity index (χ3n) is 13.5.